The molecule has 0 nitrogen and oxygen atoms in total. The molecule has 0 N–H and O–H groups in total. The summed E-state index contributed by atoms with van der Waals surface area (Å²) in [5.41, 5.74) is 4.66. The molecule has 0 amide bonds. The molecular formula is C32H26S. The van der Waals surface area contributed by atoms with Gasteiger partial charge in [0.2, 0.25) is 0 Å². The standard InChI is InChI=1S/C30H20S.C2H6/c1-19-3-6-21(7-4-19)8-9-22-10-12-23-15-27-28-16-25-13-20(2)5-11-24(25)17-29(28)31-30(27)18-26(23)14-22;1-2/h3-7,10-18H,1-2H3;1-2H3. The van der Waals surface area contributed by atoms with Gasteiger partial charge in [-0.2, -0.15) is 0 Å². The summed E-state index contributed by atoms with van der Waals surface area (Å²) in [6, 6.07) is 30.9. The zero-order valence-electron chi connectivity index (χ0n) is 19.5. The molecule has 0 saturated carbocycles. The van der Waals surface area contributed by atoms with E-state index in [4.69, 9.17) is 0 Å². The number of benzene rings is 5. The van der Waals surface area contributed by atoms with Gasteiger partial charge in [0.1, 0.15) is 0 Å². The molecule has 0 aliphatic rings. The highest BCUT2D eigenvalue weighted by Gasteiger charge is 2.09. The fourth-order valence-corrected chi connectivity index (χ4v) is 5.41. The lowest BCUT2D eigenvalue weighted by Crippen LogP contribution is -1.79. The van der Waals surface area contributed by atoms with Gasteiger partial charge < -0.3 is 0 Å². The quantitative estimate of drug-likeness (QED) is 0.206. The lowest BCUT2D eigenvalue weighted by molar-refractivity contribution is 1.46. The lowest BCUT2D eigenvalue weighted by Gasteiger charge is -2.02. The van der Waals surface area contributed by atoms with Crippen molar-refractivity contribution < 1.29 is 0 Å². The van der Waals surface area contributed by atoms with Crippen LogP contribution in [0.4, 0.5) is 0 Å². The second-order valence-corrected chi connectivity index (χ2v) is 9.41. The van der Waals surface area contributed by atoms with E-state index in [9.17, 15) is 0 Å². The van der Waals surface area contributed by atoms with Crippen molar-refractivity contribution in [1.29, 1.82) is 0 Å². The Morgan fingerprint density at radius 1 is 0.485 bits per heavy atom. The van der Waals surface area contributed by atoms with Gasteiger partial charge in [0.25, 0.3) is 0 Å². The summed E-state index contributed by atoms with van der Waals surface area (Å²) in [5.74, 6) is 6.61. The fourth-order valence-electron chi connectivity index (χ4n) is 4.24. The van der Waals surface area contributed by atoms with E-state index in [1.165, 1.54) is 52.8 Å². The molecule has 0 spiro atoms. The average Bonchev–Trinajstić information content (AvgIpc) is 3.18. The van der Waals surface area contributed by atoms with Crippen molar-refractivity contribution in [2.24, 2.45) is 0 Å². The molecule has 0 bridgehead atoms. The maximum atomic E-state index is 3.33. The number of fused-ring (bicyclic) bond motifs is 5. The van der Waals surface area contributed by atoms with Crippen molar-refractivity contribution in [3.05, 3.63) is 107 Å². The van der Waals surface area contributed by atoms with Crippen molar-refractivity contribution in [1.82, 2.24) is 0 Å². The van der Waals surface area contributed by atoms with E-state index in [0.717, 1.165) is 11.1 Å². The third-order valence-electron chi connectivity index (χ3n) is 5.95. The molecule has 0 unspecified atom stereocenters. The molecular weight excluding hydrogens is 416 g/mol. The molecule has 0 saturated heterocycles. The normalized spacial score (nSPS) is 10.8. The van der Waals surface area contributed by atoms with Crippen LogP contribution in [0.15, 0.2) is 84.9 Å². The van der Waals surface area contributed by atoms with E-state index >= 15 is 0 Å². The minimum Gasteiger partial charge on any atom is -0.135 e. The average molecular weight is 443 g/mol. The lowest BCUT2D eigenvalue weighted by atomic mass is 10.0. The summed E-state index contributed by atoms with van der Waals surface area (Å²) in [4.78, 5) is 0. The van der Waals surface area contributed by atoms with Gasteiger partial charge >= 0.3 is 0 Å². The summed E-state index contributed by atoms with van der Waals surface area (Å²) in [6.07, 6.45) is 0. The smallest absolute Gasteiger partial charge is 0.0361 e. The van der Waals surface area contributed by atoms with Gasteiger partial charge in [-0.1, -0.05) is 73.2 Å². The SMILES string of the molecule is CC.Cc1ccc(C#Cc2ccc3cc4c(cc3c2)sc2cc3ccc(C)cc3cc24)cc1. The molecule has 0 aliphatic carbocycles. The highest BCUT2D eigenvalue weighted by Crippen LogP contribution is 2.38. The van der Waals surface area contributed by atoms with Crippen LogP contribution in [0.3, 0.4) is 0 Å². The second-order valence-electron chi connectivity index (χ2n) is 8.33. The van der Waals surface area contributed by atoms with Crippen LogP contribution in [0.25, 0.3) is 41.7 Å². The zero-order valence-corrected chi connectivity index (χ0v) is 20.3. The summed E-state index contributed by atoms with van der Waals surface area (Å²) in [7, 11) is 0. The van der Waals surface area contributed by atoms with Gasteiger partial charge in [-0.3, -0.25) is 0 Å². The molecule has 5 aromatic carbocycles. The van der Waals surface area contributed by atoms with Crippen LogP contribution in [-0.2, 0) is 0 Å². The third-order valence-corrected chi connectivity index (χ3v) is 7.06. The van der Waals surface area contributed by atoms with E-state index in [1.807, 2.05) is 25.2 Å². The highest BCUT2D eigenvalue weighted by molar-refractivity contribution is 7.26. The fraction of sp³-hybridized carbons (Fsp3) is 0.125. The maximum Gasteiger partial charge on any atom is 0.0361 e. The first-order valence-electron chi connectivity index (χ1n) is 11.5. The zero-order chi connectivity index (χ0) is 22.9. The summed E-state index contributed by atoms with van der Waals surface area (Å²) >= 11 is 1.88. The molecule has 1 aromatic heterocycles. The maximum absolute atomic E-state index is 3.33. The van der Waals surface area contributed by atoms with Crippen LogP contribution in [0.5, 0.6) is 0 Å². The Hall–Kier alpha value is -3.60. The summed E-state index contributed by atoms with van der Waals surface area (Å²) in [5, 5.41) is 7.82. The van der Waals surface area contributed by atoms with Gasteiger partial charge in [-0.05, 0) is 83.9 Å². The van der Waals surface area contributed by atoms with Gasteiger partial charge in [0.15, 0.2) is 0 Å². The number of thiophene rings is 1. The van der Waals surface area contributed by atoms with Gasteiger partial charge in [0.05, 0.1) is 0 Å². The molecule has 6 rings (SSSR count). The minimum absolute atomic E-state index is 1.05. The van der Waals surface area contributed by atoms with Crippen LogP contribution in [-0.4, -0.2) is 0 Å². The second kappa shape index (κ2) is 8.74. The van der Waals surface area contributed by atoms with Crippen molar-refractivity contribution in [3.8, 4) is 11.8 Å². The summed E-state index contributed by atoms with van der Waals surface area (Å²) < 4.78 is 2.68. The number of rotatable bonds is 0. The first-order valence-corrected chi connectivity index (χ1v) is 12.3. The topological polar surface area (TPSA) is 0 Å². The van der Waals surface area contributed by atoms with E-state index in [-0.39, 0.29) is 0 Å². The van der Waals surface area contributed by atoms with Crippen LogP contribution in [0, 0.1) is 25.7 Å². The predicted octanol–water partition coefficient (Wildman–Crippen LogP) is 9.40. The molecule has 160 valence electrons. The Morgan fingerprint density at radius 2 is 1.00 bits per heavy atom. The Labute approximate surface area is 199 Å². The monoisotopic (exact) mass is 442 g/mol. The van der Waals surface area contributed by atoms with Gasteiger partial charge in [-0.15, -0.1) is 11.3 Å². The molecule has 1 heterocycles. The Balaban J connectivity index is 0.00000111. The minimum atomic E-state index is 1.05. The molecule has 0 radical (unpaired) electrons. The van der Waals surface area contributed by atoms with E-state index < -0.39 is 0 Å². The van der Waals surface area contributed by atoms with E-state index in [2.05, 4.69) is 111 Å². The van der Waals surface area contributed by atoms with Gasteiger partial charge in [-0.25, -0.2) is 0 Å². The Bertz CT molecular complexity index is 1690. The highest BCUT2D eigenvalue weighted by atomic mass is 32.1. The first kappa shape index (κ1) is 21.3. The molecule has 33 heavy (non-hydrogen) atoms. The molecule has 6 aromatic rings. The summed E-state index contributed by atoms with van der Waals surface area (Å²) in [6.45, 7) is 8.25. The molecule has 1 heteroatoms. The Kier molecular flexibility index (Phi) is 5.63. The number of hydrogen-bond donors (Lipinski definition) is 0. The van der Waals surface area contributed by atoms with E-state index in [0.29, 0.717) is 0 Å². The van der Waals surface area contributed by atoms with Crippen LogP contribution < -0.4 is 0 Å². The predicted molar refractivity (Wildman–Crippen MR) is 148 cm³/mol. The van der Waals surface area contributed by atoms with Crippen molar-refractivity contribution in [2.45, 2.75) is 27.7 Å². The molecule has 0 atom stereocenters. The number of hydrogen-bond acceptors (Lipinski definition) is 1. The molecule has 0 fully saturated rings. The van der Waals surface area contributed by atoms with Crippen LogP contribution >= 0.6 is 11.3 Å². The van der Waals surface area contributed by atoms with Crippen LogP contribution in [0.1, 0.15) is 36.1 Å². The third kappa shape index (κ3) is 4.11. The first-order chi connectivity index (χ1) is 16.1. The largest absolute Gasteiger partial charge is 0.135 e. The number of aryl methyl sites for hydroxylation is 2. The van der Waals surface area contributed by atoms with Crippen molar-refractivity contribution in [2.75, 3.05) is 0 Å². The van der Waals surface area contributed by atoms with Gasteiger partial charge in [0, 0.05) is 31.3 Å². The van der Waals surface area contributed by atoms with Crippen molar-refractivity contribution in [3.63, 3.8) is 0 Å². The molecule has 0 aliphatic heterocycles. The van der Waals surface area contributed by atoms with Crippen molar-refractivity contribution >= 4 is 53.1 Å². The van der Waals surface area contributed by atoms with Crippen LogP contribution in [0.2, 0.25) is 0 Å². The van der Waals surface area contributed by atoms with E-state index in [1.54, 1.807) is 0 Å². The Morgan fingerprint density at radius 3 is 1.76 bits per heavy atom.